The smallest absolute Gasteiger partial charge is 0.195 e. The first-order valence-electron chi connectivity index (χ1n) is 10.2. The number of halogens is 1. The zero-order valence-electron chi connectivity index (χ0n) is 17.8. The summed E-state index contributed by atoms with van der Waals surface area (Å²) in [5.74, 6) is 1.76. The molecule has 0 amide bonds. The molecule has 0 atom stereocenters. The molecule has 1 aliphatic rings. The highest BCUT2D eigenvalue weighted by Crippen LogP contribution is 2.35. The first kappa shape index (κ1) is 21.9. The van der Waals surface area contributed by atoms with Gasteiger partial charge in [0.05, 0.1) is 20.8 Å². The largest absolute Gasteiger partial charge is 0.493 e. The molecule has 1 aliphatic heterocycles. The number of hydrogen-bond donors (Lipinski definition) is 2. The molecule has 1 saturated heterocycles. The predicted octanol–water partition coefficient (Wildman–Crippen LogP) is 3.97. The average Bonchev–Trinajstić information content (AvgIpc) is 2.78. The summed E-state index contributed by atoms with van der Waals surface area (Å²) in [5.41, 5.74) is 1.76. The van der Waals surface area contributed by atoms with Crippen LogP contribution in [-0.4, -0.2) is 46.5 Å². The van der Waals surface area contributed by atoms with Crippen molar-refractivity contribution in [2.24, 2.45) is 4.99 Å². The van der Waals surface area contributed by atoms with Crippen molar-refractivity contribution < 1.29 is 18.6 Å². The summed E-state index contributed by atoms with van der Waals surface area (Å²) in [6, 6.07) is 12.4. The van der Waals surface area contributed by atoms with Gasteiger partial charge in [0.15, 0.2) is 17.5 Å². The van der Waals surface area contributed by atoms with E-state index >= 15 is 0 Å². The molecule has 0 spiro atoms. The Bertz CT molecular complexity index is 849. The Morgan fingerprint density at radius 3 is 2.40 bits per heavy atom. The maximum atomic E-state index is 13.5. The van der Waals surface area contributed by atoms with E-state index in [1.165, 1.54) is 12.1 Å². The quantitative estimate of drug-likeness (QED) is 0.529. The fourth-order valence-electron chi connectivity index (χ4n) is 3.69. The van der Waals surface area contributed by atoms with Crippen molar-refractivity contribution in [3.63, 3.8) is 0 Å². The van der Waals surface area contributed by atoms with Crippen molar-refractivity contribution in [3.05, 3.63) is 53.8 Å². The minimum absolute atomic E-state index is 0.175. The minimum atomic E-state index is -0.229. The summed E-state index contributed by atoms with van der Waals surface area (Å²) in [4.78, 5) is 4.87. The summed E-state index contributed by atoms with van der Waals surface area (Å²) in [7, 11) is 3.22. The average molecular weight is 416 g/mol. The molecule has 0 radical (unpaired) electrons. The van der Waals surface area contributed by atoms with Crippen molar-refractivity contribution in [1.82, 2.24) is 5.32 Å². The summed E-state index contributed by atoms with van der Waals surface area (Å²) in [5, 5.41) is 6.63. The van der Waals surface area contributed by atoms with Crippen LogP contribution in [0.25, 0.3) is 0 Å². The maximum Gasteiger partial charge on any atom is 0.195 e. The second kappa shape index (κ2) is 10.3. The Morgan fingerprint density at radius 2 is 1.77 bits per heavy atom. The molecule has 162 valence electrons. The molecule has 1 fully saturated rings. The first-order valence-corrected chi connectivity index (χ1v) is 10.2. The van der Waals surface area contributed by atoms with Gasteiger partial charge in [-0.15, -0.1) is 0 Å². The van der Waals surface area contributed by atoms with Crippen molar-refractivity contribution in [1.29, 1.82) is 0 Å². The number of hydrogen-bond acceptors (Lipinski definition) is 4. The standard InChI is InChI=1S/C23H30FN3O3/c1-4-25-22(27-19-9-10-20(28-2)21(15-19)29-3)26-16-23(11-13-30-14-12-23)17-5-7-18(24)8-6-17/h5-10,15H,4,11-14,16H2,1-3H3,(H2,25,26,27). The van der Waals surface area contributed by atoms with Gasteiger partial charge < -0.3 is 24.8 Å². The van der Waals surface area contributed by atoms with Crippen LogP contribution in [0, 0.1) is 5.82 Å². The van der Waals surface area contributed by atoms with Crippen LogP contribution >= 0.6 is 0 Å². The molecule has 0 unspecified atom stereocenters. The van der Waals surface area contributed by atoms with E-state index in [1.54, 1.807) is 14.2 Å². The zero-order valence-corrected chi connectivity index (χ0v) is 17.8. The van der Waals surface area contributed by atoms with Crippen LogP contribution in [0.1, 0.15) is 25.3 Å². The van der Waals surface area contributed by atoms with E-state index in [-0.39, 0.29) is 11.2 Å². The number of aliphatic imine (C=N–C) groups is 1. The molecule has 2 N–H and O–H groups in total. The van der Waals surface area contributed by atoms with E-state index in [0.717, 1.165) is 30.6 Å². The van der Waals surface area contributed by atoms with Gasteiger partial charge in [-0.2, -0.15) is 0 Å². The van der Waals surface area contributed by atoms with E-state index in [9.17, 15) is 4.39 Å². The van der Waals surface area contributed by atoms with Crippen molar-refractivity contribution in [3.8, 4) is 11.5 Å². The van der Waals surface area contributed by atoms with Gasteiger partial charge in [0, 0.05) is 36.9 Å². The van der Waals surface area contributed by atoms with E-state index in [4.69, 9.17) is 19.2 Å². The van der Waals surface area contributed by atoms with Gasteiger partial charge in [0.1, 0.15) is 5.82 Å². The van der Waals surface area contributed by atoms with Crippen molar-refractivity contribution >= 4 is 11.6 Å². The number of benzene rings is 2. The van der Waals surface area contributed by atoms with Gasteiger partial charge in [-0.05, 0) is 49.6 Å². The summed E-state index contributed by atoms with van der Waals surface area (Å²) >= 11 is 0. The summed E-state index contributed by atoms with van der Waals surface area (Å²) in [6.07, 6.45) is 1.69. The number of rotatable bonds is 7. The van der Waals surface area contributed by atoms with Gasteiger partial charge in [-0.25, -0.2) is 4.39 Å². The number of guanidine groups is 1. The Kier molecular flexibility index (Phi) is 7.52. The Balaban J connectivity index is 1.83. The molecule has 30 heavy (non-hydrogen) atoms. The number of nitrogens with one attached hydrogen (secondary N) is 2. The highest BCUT2D eigenvalue weighted by atomic mass is 19.1. The van der Waals surface area contributed by atoms with Gasteiger partial charge in [0.25, 0.3) is 0 Å². The van der Waals surface area contributed by atoms with Crippen LogP contribution in [-0.2, 0) is 10.2 Å². The third-order valence-electron chi connectivity index (χ3n) is 5.44. The highest BCUT2D eigenvalue weighted by molar-refractivity contribution is 5.94. The Morgan fingerprint density at radius 1 is 1.07 bits per heavy atom. The second-order valence-electron chi connectivity index (χ2n) is 7.29. The van der Waals surface area contributed by atoms with E-state index < -0.39 is 0 Å². The van der Waals surface area contributed by atoms with Crippen molar-refractivity contribution in [2.45, 2.75) is 25.2 Å². The monoisotopic (exact) mass is 415 g/mol. The fourth-order valence-corrected chi connectivity index (χ4v) is 3.69. The molecule has 0 saturated carbocycles. The molecule has 2 aromatic carbocycles. The van der Waals surface area contributed by atoms with E-state index in [1.807, 2.05) is 37.3 Å². The molecule has 2 aromatic rings. The van der Waals surface area contributed by atoms with Crippen LogP contribution < -0.4 is 20.1 Å². The number of nitrogens with zero attached hydrogens (tertiary/aromatic N) is 1. The lowest BCUT2D eigenvalue weighted by Crippen LogP contribution is -2.39. The Hall–Kier alpha value is -2.80. The molecule has 1 heterocycles. The summed E-state index contributed by atoms with van der Waals surface area (Å²) in [6.45, 7) is 4.67. The maximum absolute atomic E-state index is 13.5. The van der Waals surface area contributed by atoms with Gasteiger partial charge in [-0.1, -0.05) is 12.1 Å². The van der Waals surface area contributed by atoms with Gasteiger partial charge in [0.2, 0.25) is 0 Å². The lowest BCUT2D eigenvalue weighted by atomic mass is 9.74. The first-order chi connectivity index (χ1) is 14.6. The van der Waals surface area contributed by atoms with E-state index in [0.29, 0.717) is 37.2 Å². The minimum Gasteiger partial charge on any atom is -0.493 e. The van der Waals surface area contributed by atoms with Crippen LogP contribution in [0.3, 0.4) is 0 Å². The second-order valence-corrected chi connectivity index (χ2v) is 7.29. The molecule has 6 nitrogen and oxygen atoms in total. The molecule has 0 bridgehead atoms. The molecular weight excluding hydrogens is 385 g/mol. The predicted molar refractivity (Wildman–Crippen MR) is 117 cm³/mol. The normalized spacial score (nSPS) is 16.1. The summed E-state index contributed by atoms with van der Waals surface area (Å²) < 4.78 is 29.7. The van der Waals surface area contributed by atoms with Crippen LogP contribution in [0.5, 0.6) is 11.5 Å². The lowest BCUT2D eigenvalue weighted by Gasteiger charge is -2.36. The van der Waals surface area contributed by atoms with Crippen LogP contribution in [0.15, 0.2) is 47.5 Å². The van der Waals surface area contributed by atoms with Crippen molar-refractivity contribution in [2.75, 3.05) is 45.8 Å². The lowest BCUT2D eigenvalue weighted by molar-refractivity contribution is 0.0531. The molecule has 7 heteroatoms. The SMILES string of the molecule is CCNC(=NCC1(c2ccc(F)cc2)CCOCC1)Nc1ccc(OC)c(OC)c1. The number of methoxy groups -OCH3 is 2. The number of ether oxygens (including phenoxy) is 3. The Labute approximate surface area is 177 Å². The van der Waals surface area contributed by atoms with E-state index in [2.05, 4.69) is 10.6 Å². The third-order valence-corrected chi connectivity index (χ3v) is 5.44. The topological polar surface area (TPSA) is 64.1 Å². The highest BCUT2D eigenvalue weighted by Gasteiger charge is 2.34. The molecule has 0 aliphatic carbocycles. The van der Waals surface area contributed by atoms with Crippen LogP contribution in [0.4, 0.5) is 10.1 Å². The molecule has 3 rings (SSSR count). The molecule has 0 aromatic heterocycles. The number of anilines is 1. The zero-order chi connectivity index (χ0) is 21.4. The van der Waals surface area contributed by atoms with Gasteiger partial charge in [-0.3, -0.25) is 4.99 Å². The molecular formula is C23H30FN3O3. The fraction of sp³-hybridized carbons (Fsp3) is 0.435. The van der Waals surface area contributed by atoms with Gasteiger partial charge >= 0.3 is 0 Å². The third kappa shape index (κ3) is 5.21. The van der Waals surface area contributed by atoms with Crippen LogP contribution in [0.2, 0.25) is 0 Å².